The molecular formula is C14H20N4. The summed E-state index contributed by atoms with van der Waals surface area (Å²) in [5.74, 6) is 0.710. The number of imidazole rings is 1. The first-order chi connectivity index (χ1) is 8.78. The molecule has 0 aromatic carbocycles. The van der Waals surface area contributed by atoms with E-state index in [0.717, 1.165) is 13.1 Å². The molecule has 0 radical (unpaired) electrons. The van der Waals surface area contributed by atoms with Crippen LogP contribution in [0.1, 0.15) is 37.1 Å². The summed E-state index contributed by atoms with van der Waals surface area (Å²) in [7, 11) is 0. The smallest absolute Gasteiger partial charge is 0.0948 e. The molecule has 1 saturated carbocycles. The molecule has 4 heteroatoms. The highest BCUT2D eigenvalue weighted by Gasteiger charge is 2.29. The van der Waals surface area contributed by atoms with E-state index in [2.05, 4.69) is 39.5 Å². The van der Waals surface area contributed by atoms with Crippen LogP contribution >= 0.6 is 0 Å². The van der Waals surface area contributed by atoms with Crippen molar-refractivity contribution in [2.45, 2.75) is 38.9 Å². The van der Waals surface area contributed by atoms with Crippen LogP contribution in [0.15, 0.2) is 31.0 Å². The van der Waals surface area contributed by atoms with Gasteiger partial charge in [0.2, 0.25) is 0 Å². The molecule has 4 nitrogen and oxygen atoms in total. The second kappa shape index (κ2) is 4.61. The Kier molecular flexibility index (Phi) is 2.96. The highest BCUT2D eigenvalue weighted by molar-refractivity contribution is 5.18. The van der Waals surface area contributed by atoms with Crippen LogP contribution in [0.2, 0.25) is 0 Å². The third kappa shape index (κ3) is 2.20. The van der Waals surface area contributed by atoms with Crippen molar-refractivity contribution in [1.82, 2.24) is 14.1 Å². The van der Waals surface area contributed by atoms with Gasteiger partial charge in [-0.2, -0.15) is 0 Å². The molecule has 96 valence electrons. The minimum absolute atomic E-state index is 0.224. The number of aromatic nitrogens is 3. The van der Waals surface area contributed by atoms with Gasteiger partial charge in [-0.25, -0.2) is 4.98 Å². The van der Waals surface area contributed by atoms with Crippen LogP contribution in [0.25, 0.3) is 0 Å². The summed E-state index contributed by atoms with van der Waals surface area (Å²) in [4.78, 5) is 4.19. The van der Waals surface area contributed by atoms with Gasteiger partial charge in [-0.1, -0.05) is 0 Å². The quantitative estimate of drug-likeness (QED) is 0.876. The zero-order chi connectivity index (χ0) is 12.5. The summed E-state index contributed by atoms with van der Waals surface area (Å²) in [5.41, 5.74) is 8.71. The van der Waals surface area contributed by atoms with Gasteiger partial charge in [0.1, 0.15) is 0 Å². The second-order valence-electron chi connectivity index (χ2n) is 5.15. The summed E-state index contributed by atoms with van der Waals surface area (Å²) in [5, 5.41) is 0. The molecule has 2 aromatic rings. The Hall–Kier alpha value is -1.55. The Morgan fingerprint density at radius 3 is 3.06 bits per heavy atom. The normalized spacial score (nSPS) is 17.0. The molecule has 0 spiro atoms. The molecule has 0 aliphatic heterocycles. The second-order valence-corrected chi connectivity index (χ2v) is 5.15. The Bertz CT molecular complexity index is 521. The van der Waals surface area contributed by atoms with Crippen molar-refractivity contribution in [3.05, 3.63) is 42.2 Å². The van der Waals surface area contributed by atoms with Gasteiger partial charge >= 0.3 is 0 Å². The molecular weight excluding hydrogens is 224 g/mol. The highest BCUT2D eigenvalue weighted by atomic mass is 15.1. The maximum absolute atomic E-state index is 6.21. The monoisotopic (exact) mass is 244 g/mol. The predicted molar refractivity (Wildman–Crippen MR) is 71.1 cm³/mol. The molecule has 1 fully saturated rings. The first kappa shape index (κ1) is 11.5. The average Bonchev–Trinajstić information content (AvgIpc) is 2.96. The van der Waals surface area contributed by atoms with Gasteiger partial charge in [-0.05, 0) is 37.3 Å². The van der Waals surface area contributed by atoms with Crippen molar-refractivity contribution >= 4 is 0 Å². The van der Waals surface area contributed by atoms with Crippen LogP contribution in [0.5, 0.6) is 0 Å². The lowest BCUT2D eigenvalue weighted by Gasteiger charge is -2.08. The van der Waals surface area contributed by atoms with E-state index in [-0.39, 0.29) is 6.04 Å². The lowest BCUT2D eigenvalue weighted by Crippen LogP contribution is -2.11. The Balaban J connectivity index is 1.73. The van der Waals surface area contributed by atoms with Gasteiger partial charge in [0.25, 0.3) is 0 Å². The molecule has 2 aromatic heterocycles. The summed E-state index contributed by atoms with van der Waals surface area (Å²) in [6, 6.07) is 2.37. The number of nitrogens with two attached hydrogens (primary N) is 1. The van der Waals surface area contributed by atoms with Gasteiger partial charge in [0.15, 0.2) is 0 Å². The van der Waals surface area contributed by atoms with E-state index in [0.29, 0.717) is 5.92 Å². The highest BCUT2D eigenvalue weighted by Crippen LogP contribution is 2.39. The molecule has 2 N–H and O–H groups in total. The van der Waals surface area contributed by atoms with Crippen LogP contribution in [-0.2, 0) is 13.1 Å². The maximum atomic E-state index is 6.21. The molecule has 1 unspecified atom stereocenters. The Morgan fingerprint density at radius 2 is 2.33 bits per heavy atom. The van der Waals surface area contributed by atoms with Crippen molar-refractivity contribution in [3.63, 3.8) is 0 Å². The zero-order valence-corrected chi connectivity index (χ0v) is 10.8. The first-order valence-electron chi connectivity index (χ1n) is 6.68. The van der Waals surface area contributed by atoms with E-state index < -0.39 is 0 Å². The van der Waals surface area contributed by atoms with Crippen LogP contribution < -0.4 is 5.73 Å². The zero-order valence-electron chi connectivity index (χ0n) is 10.8. The van der Waals surface area contributed by atoms with Crippen LogP contribution in [-0.4, -0.2) is 14.1 Å². The van der Waals surface area contributed by atoms with Gasteiger partial charge in [0, 0.05) is 31.2 Å². The average molecular weight is 244 g/mol. The van der Waals surface area contributed by atoms with Crippen molar-refractivity contribution in [1.29, 1.82) is 0 Å². The van der Waals surface area contributed by atoms with Gasteiger partial charge < -0.3 is 14.9 Å². The summed E-state index contributed by atoms with van der Waals surface area (Å²) in [6.07, 6.45) is 10.7. The number of aryl methyl sites for hydroxylation is 1. The number of hydrogen-bond donors (Lipinski definition) is 1. The van der Waals surface area contributed by atoms with Crippen LogP contribution in [0.4, 0.5) is 0 Å². The molecule has 3 rings (SSSR count). The predicted octanol–water partition coefficient (Wildman–Crippen LogP) is 2.16. The standard InChI is InChI=1S/C14H20N4/c1-2-18-10-16-7-13(18)9-17-6-5-12(8-17)14(15)11-3-4-11/h5-8,10-11,14H,2-4,9,15H2,1H3. The lowest BCUT2D eigenvalue weighted by molar-refractivity contribution is 0.627. The molecule has 0 amide bonds. The van der Waals surface area contributed by atoms with E-state index in [4.69, 9.17) is 5.73 Å². The summed E-state index contributed by atoms with van der Waals surface area (Å²) >= 11 is 0. The summed E-state index contributed by atoms with van der Waals surface area (Å²) in [6.45, 7) is 3.96. The van der Waals surface area contributed by atoms with Crippen molar-refractivity contribution in [2.75, 3.05) is 0 Å². The van der Waals surface area contributed by atoms with Gasteiger partial charge in [-0.15, -0.1) is 0 Å². The third-order valence-electron chi connectivity index (χ3n) is 3.77. The third-order valence-corrected chi connectivity index (χ3v) is 3.77. The molecule has 1 atom stereocenters. The van der Waals surface area contributed by atoms with E-state index in [1.165, 1.54) is 24.1 Å². The topological polar surface area (TPSA) is 48.8 Å². The fraction of sp³-hybridized carbons (Fsp3) is 0.500. The Labute approximate surface area is 107 Å². The van der Waals surface area contributed by atoms with E-state index in [9.17, 15) is 0 Å². The van der Waals surface area contributed by atoms with Gasteiger partial charge in [-0.3, -0.25) is 0 Å². The molecule has 1 aliphatic rings. The van der Waals surface area contributed by atoms with Crippen molar-refractivity contribution in [2.24, 2.45) is 11.7 Å². The van der Waals surface area contributed by atoms with E-state index >= 15 is 0 Å². The molecule has 0 saturated heterocycles. The summed E-state index contributed by atoms with van der Waals surface area (Å²) < 4.78 is 4.36. The molecule has 0 bridgehead atoms. The number of rotatable bonds is 5. The minimum Gasteiger partial charge on any atom is -0.348 e. The van der Waals surface area contributed by atoms with Crippen molar-refractivity contribution in [3.8, 4) is 0 Å². The fourth-order valence-corrected chi connectivity index (χ4v) is 2.43. The SMILES string of the molecule is CCn1cncc1Cn1ccc(C(N)C2CC2)c1. The number of nitrogens with zero attached hydrogens (tertiary/aromatic N) is 3. The molecule has 1 aliphatic carbocycles. The molecule has 18 heavy (non-hydrogen) atoms. The van der Waals surface area contributed by atoms with E-state index in [1.807, 2.05) is 12.5 Å². The van der Waals surface area contributed by atoms with Crippen LogP contribution in [0, 0.1) is 5.92 Å². The molecule has 2 heterocycles. The number of hydrogen-bond acceptors (Lipinski definition) is 2. The first-order valence-corrected chi connectivity index (χ1v) is 6.68. The lowest BCUT2D eigenvalue weighted by atomic mass is 10.1. The fourth-order valence-electron chi connectivity index (χ4n) is 2.43. The minimum atomic E-state index is 0.224. The Morgan fingerprint density at radius 1 is 1.50 bits per heavy atom. The van der Waals surface area contributed by atoms with Crippen molar-refractivity contribution < 1.29 is 0 Å². The van der Waals surface area contributed by atoms with E-state index in [1.54, 1.807) is 0 Å². The maximum Gasteiger partial charge on any atom is 0.0948 e. The van der Waals surface area contributed by atoms with Crippen LogP contribution in [0.3, 0.4) is 0 Å². The van der Waals surface area contributed by atoms with Gasteiger partial charge in [0.05, 0.1) is 18.6 Å². The largest absolute Gasteiger partial charge is 0.348 e.